The van der Waals surface area contributed by atoms with E-state index in [4.69, 9.17) is 0 Å². The monoisotopic (exact) mass is 155 g/mol. The molecule has 2 rings (SSSR count). The van der Waals surface area contributed by atoms with Crippen molar-refractivity contribution >= 4 is 23.9 Å². The maximum Gasteiger partial charge on any atom is 0.0385 e. The van der Waals surface area contributed by atoms with Crippen molar-refractivity contribution in [1.29, 1.82) is 0 Å². The molecule has 1 aliphatic heterocycles. The second-order valence-corrected chi connectivity index (χ2v) is 3.69. The van der Waals surface area contributed by atoms with E-state index in [0.717, 1.165) is 0 Å². The van der Waals surface area contributed by atoms with Crippen molar-refractivity contribution in [1.82, 2.24) is 4.13 Å². The van der Waals surface area contributed by atoms with Crippen LogP contribution in [0.4, 0.5) is 0 Å². The predicted octanol–water partition coefficient (Wildman–Crippen LogP) is 2.30. The lowest BCUT2D eigenvalue weighted by Gasteiger charge is -1.88. The molecule has 1 nitrogen and oxygen atoms in total. The van der Waals surface area contributed by atoms with Crippen LogP contribution in [0.25, 0.3) is 0 Å². The summed E-state index contributed by atoms with van der Waals surface area (Å²) in [5.41, 5.74) is 0. The fraction of sp³-hybridized carbons (Fsp3) is 0. The molecule has 0 fully saturated rings. The van der Waals surface area contributed by atoms with E-state index in [0.29, 0.717) is 0 Å². The standard InChI is InChI=1S/C6H5NS2/c1-2-4-6-5(3-1)8-7-9-6/h1-4,7H. The summed E-state index contributed by atoms with van der Waals surface area (Å²) in [4.78, 5) is 2.67. The zero-order valence-electron chi connectivity index (χ0n) is 4.63. The van der Waals surface area contributed by atoms with Crippen LogP contribution >= 0.6 is 23.9 Å². The van der Waals surface area contributed by atoms with E-state index in [1.807, 2.05) is 0 Å². The zero-order valence-corrected chi connectivity index (χ0v) is 6.26. The van der Waals surface area contributed by atoms with Gasteiger partial charge in [-0.25, -0.2) is 0 Å². The van der Waals surface area contributed by atoms with Crippen LogP contribution in [0.15, 0.2) is 34.1 Å². The summed E-state index contributed by atoms with van der Waals surface area (Å²) < 4.78 is 3.12. The summed E-state index contributed by atoms with van der Waals surface area (Å²) >= 11 is 3.36. The molecule has 0 atom stereocenters. The lowest BCUT2D eigenvalue weighted by atomic mass is 10.4. The average Bonchev–Trinajstić information content (AvgIpc) is 2.33. The Kier molecular flexibility index (Phi) is 1.41. The smallest absolute Gasteiger partial charge is 0.0385 e. The summed E-state index contributed by atoms with van der Waals surface area (Å²) in [6.45, 7) is 0. The first kappa shape index (κ1) is 5.65. The molecule has 1 aromatic carbocycles. The van der Waals surface area contributed by atoms with E-state index < -0.39 is 0 Å². The Hall–Kier alpha value is -0.120. The Morgan fingerprint density at radius 3 is 2.11 bits per heavy atom. The lowest BCUT2D eigenvalue weighted by Crippen LogP contribution is -1.73. The molecule has 0 spiro atoms. The van der Waals surface area contributed by atoms with Gasteiger partial charge in [-0.1, -0.05) is 12.1 Å². The van der Waals surface area contributed by atoms with Crippen LogP contribution in [0.2, 0.25) is 0 Å². The molecule has 0 saturated heterocycles. The van der Waals surface area contributed by atoms with Gasteiger partial charge in [-0.3, -0.25) is 0 Å². The molecule has 1 aromatic rings. The SMILES string of the molecule is c1ccc2c(c1)SNS2. The average molecular weight is 155 g/mol. The van der Waals surface area contributed by atoms with Gasteiger partial charge in [-0.15, -0.1) is 0 Å². The first-order chi connectivity index (χ1) is 4.47. The predicted molar refractivity (Wildman–Crippen MR) is 41.3 cm³/mol. The fourth-order valence-electron chi connectivity index (χ4n) is 0.729. The Labute approximate surface area is 62.5 Å². The molecule has 1 N–H and O–H groups in total. The van der Waals surface area contributed by atoms with E-state index in [1.54, 1.807) is 23.9 Å². The maximum absolute atomic E-state index is 3.12. The van der Waals surface area contributed by atoms with Crippen molar-refractivity contribution in [3.05, 3.63) is 24.3 Å². The van der Waals surface area contributed by atoms with Gasteiger partial charge in [0.05, 0.1) is 0 Å². The molecular formula is C6H5NS2. The molecule has 0 radical (unpaired) electrons. The normalized spacial score (nSPS) is 15.6. The van der Waals surface area contributed by atoms with Gasteiger partial charge >= 0.3 is 0 Å². The number of fused-ring (bicyclic) bond motifs is 1. The van der Waals surface area contributed by atoms with Crippen LogP contribution in [0.5, 0.6) is 0 Å². The number of rotatable bonds is 0. The van der Waals surface area contributed by atoms with Gasteiger partial charge in [-0.2, -0.15) is 4.13 Å². The number of hydrogen-bond acceptors (Lipinski definition) is 3. The van der Waals surface area contributed by atoms with Crippen molar-refractivity contribution in [3.63, 3.8) is 0 Å². The molecule has 0 amide bonds. The number of benzene rings is 1. The number of hydrogen-bond donors (Lipinski definition) is 1. The quantitative estimate of drug-likeness (QED) is 0.577. The van der Waals surface area contributed by atoms with Crippen LogP contribution in [0.3, 0.4) is 0 Å². The minimum atomic E-state index is 1.34. The second kappa shape index (κ2) is 2.25. The summed E-state index contributed by atoms with van der Waals surface area (Å²) in [6, 6.07) is 8.35. The van der Waals surface area contributed by atoms with E-state index >= 15 is 0 Å². The van der Waals surface area contributed by atoms with Crippen LogP contribution < -0.4 is 4.13 Å². The van der Waals surface area contributed by atoms with Crippen molar-refractivity contribution in [2.45, 2.75) is 9.79 Å². The highest BCUT2D eigenvalue weighted by Crippen LogP contribution is 2.35. The minimum Gasteiger partial charge on any atom is -0.199 e. The third kappa shape index (κ3) is 0.956. The van der Waals surface area contributed by atoms with Crippen molar-refractivity contribution in [2.24, 2.45) is 0 Å². The summed E-state index contributed by atoms with van der Waals surface area (Å²) in [6.07, 6.45) is 0. The van der Waals surface area contributed by atoms with E-state index in [1.165, 1.54) is 9.79 Å². The van der Waals surface area contributed by atoms with Crippen molar-refractivity contribution < 1.29 is 0 Å². The largest absolute Gasteiger partial charge is 0.199 e. The summed E-state index contributed by atoms with van der Waals surface area (Å²) in [5, 5.41) is 0. The number of nitrogens with one attached hydrogen (secondary N) is 1. The Morgan fingerprint density at radius 1 is 1.00 bits per heavy atom. The lowest BCUT2D eigenvalue weighted by molar-refractivity contribution is 1.27. The molecule has 0 unspecified atom stereocenters. The van der Waals surface area contributed by atoms with Crippen molar-refractivity contribution in [2.75, 3.05) is 0 Å². The fourth-order valence-corrected chi connectivity index (χ4v) is 2.49. The van der Waals surface area contributed by atoms with Gasteiger partial charge in [0.1, 0.15) is 0 Å². The van der Waals surface area contributed by atoms with Gasteiger partial charge in [0, 0.05) is 9.79 Å². The van der Waals surface area contributed by atoms with E-state index in [2.05, 4.69) is 28.4 Å². The van der Waals surface area contributed by atoms with Gasteiger partial charge in [0.25, 0.3) is 0 Å². The van der Waals surface area contributed by atoms with Gasteiger partial charge in [0.2, 0.25) is 0 Å². The van der Waals surface area contributed by atoms with Crippen LogP contribution in [0.1, 0.15) is 0 Å². The second-order valence-electron chi connectivity index (χ2n) is 1.73. The first-order valence-electron chi connectivity index (χ1n) is 2.64. The van der Waals surface area contributed by atoms with Gasteiger partial charge in [-0.05, 0) is 36.0 Å². The third-order valence-electron chi connectivity index (χ3n) is 1.15. The van der Waals surface area contributed by atoms with Crippen LogP contribution in [0, 0.1) is 0 Å². The molecule has 0 aromatic heterocycles. The van der Waals surface area contributed by atoms with Gasteiger partial charge < -0.3 is 0 Å². The highest BCUT2D eigenvalue weighted by Gasteiger charge is 2.08. The molecule has 46 valence electrons. The highest BCUT2D eigenvalue weighted by molar-refractivity contribution is 8.15. The van der Waals surface area contributed by atoms with Crippen LogP contribution in [-0.2, 0) is 0 Å². The van der Waals surface area contributed by atoms with Crippen LogP contribution in [-0.4, -0.2) is 0 Å². The molecule has 0 bridgehead atoms. The van der Waals surface area contributed by atoms with E-state index in [-0.39, 0.29) is 0 Å². The molecule has 3 heteroatoms. The highest BCUT2D eigenvalue weighted by atomic mass is 32.2. The maximum atomic E-state index is 3.12. The summed E-state index contributed by atoms with van der Waals surface area (Å²) in [5.74, 6) is 0. The topological polar surface area (TPSA) is 12.0 Å². The Balaban J connectivity index is 2.54. The molecule has 9 heavy (non-hydrogen) atoms. The van der Waals surface area contributed by atoms with E-state index in [9.17, 15) is 0 Å². The molecule has 1 heterocycles. The van der Waals surface area contributed by atoms with Crippen molar-refractivity contribution in [3.8, 4) is 0 Å². The summed E-state index contributed by atoms with van der Waals surface area (Å²) in [7, 11) is 0. The first-order valence-corrected chi connectivity index (χ1v) is 4.28. The molecular weight excluding hydrogens is 150 g/mol. The Bertz CT molecular complexity index is 201. The molecule has 0 saturated carbocycles. The minimum absolute atomic E-state index is 1.34. The third-order valence-corrected chi connectivity index (χ3v) is 3.10. The Morgan fingerprint density at radius 2 is 1.56 bits per heavy atom. The zero-order chi connectivity index (χ0) is 6.10. The molecule has 0 aliphatic carbocycles. The molecule has 1 aliphatic rings. The van der Waals surface area contributed by atoms with Gasteiger partial charge in [0.15, 0.2) is 0 Å².